The first-order valence-corrected chi connectivity index (χ1v) is 5.90. The van der Waals surface area contributed by atoms with Crippen molar-refractivity contribution >= 4 is 21.9 Å². The van der Waals surface area contributed by atoms with Crippen LogP contribution in [0, 0.1) is 6.92 Å². The molecule has 1 aromatic rings. The standard InChI is InChI=1S/C12H16BrNO2/c1-8-6-10(13)4-5-11(8)9(2)14-7-12(15)16-3/h4-6,9,14H,7H2,1-3H3/t9-/m1/s1. The van der Waals surface area contributed by atoms with E-state index in [1.54, 1.807) is 0 Å². The zero-order chi connectivity index (χ0) is 12.1. The van der Waals surface area contributed by atoms with Crippen LogP contribution in [0.2, 0.25) is 0 Å². The smallest absolute Gasteiger partial charge is 0.319 e. The van der Waals surface area contributed by atoms with E-state index in [2.05, 4.69) is 39.0 Å². The highest BCUT2D eigenvalue weighted by Crippen LogP contribution is 2.21. The molecule has 0 aliphatic heterocycles. The lowest BCUT2D eigenvalue weighted by atomic mass is 10.0. The number of nitrogens with one attached hydrogen (secondary N) is 1. The predicted octanol–water partition coefficient (Wildman–Crippen LogP) is 2.58. The van der Waals surface area contributed by atoms with Crippen LogP contribution in [0.1, 0.15) is 24.1 Å². The van der Waals surface area contributed by atoms with Crippen molar-refractivity contribution < 1.29 is 9.53 Å². The van der Waals surface area contributed by atoms with Crippen molar-refractivity contribution in [2.75, 3.05) is 13.7 Å². The van der Waals surface area contributed by atoms with Crippen molar-refractivity contribution in [1.29, 1.82) is 0 Å². The molecule has 0 amide bonds. The van der Waals surface area contributed by atoms with E-state index >= 15 is 0 Å². The Hall–Kier alpha value is -0.870. The number of halogens is 1. The summed E-state index contributed by atoms with van der Waals surface area (Å²) in [6.07, 6.45) is 0. The summed E-state index contributed by atoms with van der Waals surface area (Å²) >= 11 is 3.42. The van der Waals surface area contributed by atoms with Crippen LogP contribution in [0.25, 0.3) is 0 Å². The minimum atomic E-state index is -0.249. The average Bonchev–Trinajstić information content (AvgIpc) is 2.25. The number of esters is 1. The van der Waals surface area contributed by atoms with Crippen molar-refractivity contribution in [3.63, 3.8) is 0 Å². The number of benzene rings is 1. The Balaban J connectivity index is 2.65. The van der Waals surface area contributed by atoms with Gasteiger partial charge in [0.1, 0.15) is 0 Å². The first-order chi connectivity index (χ1) is 7.54. The van der Waals surface area contributed by atoms with Crippen molar-refractivity contribution in [3.05, 3.63) is 33.8 Å². The molecular weight excluding hydrogens is 270 g/mol. The van der Waals surface area contributed by atoms with E-state index in [9.17, 15) is 4.79 Å². The molecule has 0 unspecified atom stereocenters. The monoisotopic (exact) mass is 285 g/mol. The largest absolute Gasteiger partial charge is 0.468 e. The van der Waals surface area contributed by atoms with Gasteiger partial charge in [-0.05, 0) is 37.1 Å². The molecule has 16 heavy (non-hydrogen) atoms. The van der Waals surface area contributed by atoms with E-state index in [-0.39, 0.29) is 18.6 Å². The highest BCUT2D eigenvalue weighted by Gasteiger charge is 2.09. The first kappa shape index (κ1) is 13.2. The van der Waals surface area contributed by atoms with E-state index < -0.39 is 0 Å². The number of rotatable bonds is 4. The maximum Gasteiger partial charge on any atom is 0.319 e. The fraction of sp³-hybridized carbons (Fsp3) is 0.417. The molecule has 1 atom stereocenters. The lowest BCUT2D eigenvalue weighted by Gasteiger charge is -2.16. The van der Waals surface area contributed by atoms with Gasteiger partial charge in [0.2, 0.25) is 0 Å². The van der Waals surface area contributed by atoms with Gasteiger partial charge in [0, 0.05) is 10.5 Å². The van der Waals surface area contributed by atoms with Gasteiger partial charge in [-0.3, -0.25) is 4.79 Å². The Morgan fingerprint density at radius 1 is 1.56 bits per heavy atom. The molecule has 0 aromatic heterocycles. The van der Waals surface area contributed by atoms with Crippen molar-refractivity contribution in [2.24, 2.45) is 0 Å². The van der Waals surface area contributed by atoms with Gasteiger partial charge in [-0.1, -0.05) is 22.0 Å². The van der Waals surface area contributed by atoms with Gasteiger partial charge in [-0.15, -0.1) is 0 Å². The minimum absolute atomic E-state index is 0.132. The normalized spacial score (nSPS) is 12.2. The van der Waals surface area contributed by atoms with Gasteiger partial charge in [0.25, 0.3) is 0 Å². The van der Waals surface area contributed by atoms with Crippen molar-refractivity contribution in [1.82, 2.24) is 5.32 Å². The molecule has 3 nitrogen and oxygen atoms in total. The lowest BCUT2D eigenvalue weighted by molar-refractivity contribution is -0.139. The van der Waals surface area contributed by atoms with Gasteiger partial charge < -0.3 is 10.1 Å². The van der Waals surface area contributed by atoms with E-state index in [1.807, 2.05) is 19.1 Å². The molecule has 0 aliphatic rings. The number of carbonyl (C=O) groups excluding carboxylic acids is 1. The highest BCUT2D eigenvalue weighted by atomic mass is 79.9. The maximum atomic E-state index is 11.0. The summed E-state index contributed by atoms with van der Waals surface area (Å²) in [5.41, 5.74) is 2.38. The van der Waals surface area contributed by atoms with E-state index in [0.29, 0.717) is 0 Å². The molecule has 0 saturated carbocycles. The molecule has 0 saturated heterocycles. The number of ether oxygens (including phenoxy) is 1. The Morgan fingerprint density at radius 3 is 2.81 bits per heavy atom. The van der Waals surface area contributed by atoms with E-state index in [1.165, 1.54) is 18.2 Å². The van der Waals surface area contributed by atoms with Gasteiger partial charge >= 0.3 is 5.97 Å². The SMILES string of the molecule is COC(=O)CN[C@H](C)c1ccc(Br)cc1C. The van der Waals surface area contributed by atoms with Crippen LogP contribution in [-0.4, -0.2) is 19.6 Å². The molecular formula is C12H16BrNO2. The lowest BCUT2D eigenvalue weighted by Crippen LogP contribution is -2.27. The Morgan fingerprint density at radius 2 is 2.25 bits per heavy atom. The molecule has 0 heterocycles. The maximum absolute atomic E-state index is 11.0. The zero-order valence-electron chi connectivity index (χ0n) is 9.71. The molecule has 0 spiro atoms. The summed E-state index contributed by atoms with van der Waals surface area (Å²) < 4.78 is 5.64. The third-order valence-electron chi connectivity index (χ3n) is 2.48. The number of aryl methyl sites for hydroxylation is 1. The molecule has 1 rings (SSSR count). The summed E-state index contributed by atoms with van der Waals surface area (Å²) in [5, 5.41) is 3.12. The quantitative estimate of drug-likeness (QED) is 0.865. The molecule has 0 fully saturated rings. The molecule has 88 valence electrons. The second-order valence-corrected chi connectivity index (χ2v) is 4.60. The summed E-state index contributed by atoms with van der Waals surface area (Å²) in [6.45, 7) is 4.31. The van der Waals surface area contributed by atoms with Crippen LogP contribution in [0.15, 0.2) is 22.7 Å². The number of carbonyl (C=O) groups is 1. The van der Waals surface area contributed by atoms with Crippen molar-refractivity contribution in [3.8, 4) is 0 Å². The van der Waals surface area contributed by atoms with Crippen molar-refractivity contribution in [2.45, 2.75) is 19.9 Å². The first-order valence-electron chi connectivity index (χ1n) is 5.11. The molecule has 1 aromatic carbocycles. The van der Waals surface area contributed by atoms with Gasteiger partial charge in [-0.25, -0.2) is 0 Å². The fourth-order valence-electron chi connectivity index (χ4n) is 1.54. The molecule has 0 bridgehead atoms. The summed E-state index contributed by atoms with van der Waals surface area (Å²) in [7, 11) is 1.39. The van der Waals surface area contributed by atoms with Crippen LogP contribution in [-0.2, 0) is 9.53 Å². The topological polar surface area (TPSA) is 38.3 Å². The van der Waals surface area contributed by atoms with Crippen LogP contribution < -0.4 is 5.32 Å². The fourth-order valence-corrected chi connectivity index (χ4v) is 2.02. The van der Waals surface area contributed by atoms with E-state index in [0.717, 1.165) is 4.47 Å². The van der Waals surface area contributed by atoms with Gasteiger partial charge in [0.05, 0.1) is 13.7 Å². The average molecular weight is 286 g/mol. The Labute approximate surface area is 104 Å². The second kappa shape index (κ2) is 6.01. The molecule has 0 aliphatic carbocycles. The molecule has 1 N–H and O–H groups in total. The third kappa shape index (κ3) is 3.61. The summed E-state index contributed by atoms with van der Waals surface area (Å²) in [5.74, 6) is -0.249. The summed E-state index contributed by atoms with van der Waals surface area (Å²) in [6, 6.07) is 6.24. The predicted molar refractivity (Wildman–Crippen MR) is 67.3 cm³/mol. The summed E-state index contributed by atoms with van der Waals surface area (Å²) in [4.78, 5) is 11.0. The molecule has 0 radical (unpaired) electrons. The number of hydrogen-bond donors (Lipinski definition) is 1. The van der Waals surface area contributed by atoms with E-state index in [4.69, 9.17) is 0 Å². The third-order valence-corrected chi connectivity index (χ3v) is 2.97. The Kier molecular flexibility index (Phi) is 4.96. The number of hydrogen-bond acceptors (Lipinski definition) is 3. The highest BCUT2D eigenvalue weighted by molar-refractivity contribution is 9.10. The number of methoxy groups -OCH3 is 1. The van der Waals surface area contributed by atoms with Crippen LogP contribution in [0.5, 0.6) is 0 Å². The minimum Gasteiger partial charge on any atom is -0.468 e. The van der Waals surface area contributed by atoms with Crippen LogP contribution >= 0.6 is 15.9 Å². The van der Waals surface area contributed by atoms with Crippen LogP contribution in [0.4, 0.5) is 0 Å². The second-order valence-electron chi connectivity index (χ2n) is 3.68. The van der Waals surface area contributed by atoms with Gasteiger partial charge in [0.15, 0.2) is 0 Å². The van der Waals surface area contributed by atoms with Crippen LogP contribution in [0.3, 0.4) is 0 Å². The van der Waals surface area contributed by atoms with Gasteiger partial charge in [-0.2, -0.15) is 0 Å². The Bertz CT molecular complexity index is 379. The molecule has 4 heteroatoms. The zero-order valence-corrected chi connectivity index (χ0v) is 11.3.